The fraction of sp³-hybridized carbons (Fsp3) is 0.296. The third kappa shape index (κ3) is 7.14. The molecule has 0 aliphatic rings. The molecular formula is C27H28F3NO5. The van der Waals surface area contributed by atoms with Gasteiger partial charge in [0.25, 0.3) is 0 Å². The van der Waals surface area contributed by atoms with Gasteiger partial charge in [-0.1, -0.05) is 30.3 Å². The summed E-state index contributed by atoms with van der Waals surface area (Å²) in [7, 11) is 0. The molecule has 3 aromatic rings. The number of benzene rings is 3. The molecule has 0 amide bonds. The number of rotatable bonds is 10. The zero-order chi connectivity index (χ0) is 26.5. The Morgan fingerprint density at radius 3 is 2.31 bits per heavy atom. The molecule has 0 unspecified atom stereocenters. The molecule has 0 bridgehead atoms. The van der Waals surface area contributed by atoms with Crippen molar-refractivity contribution in [2.45, 2.75) is 46.1 Å². The maximum Gasteiger partial charge on any atom is 0.420 e. The van der Waals surface area contributed by atoms with Crippen LogP contribution in [0.4, 0.5) is 13.2 Å². The van der Waals surface area contributed by atoms with E-state index in [9.17, 15) is 23.1 Å². The monoisotopic (exact) mass is 503 g/mol. The Balaban J connectivity index is 1.90. The average molecular weight is 504 g/mol. The number of alkyl halides is 3. The lowest BCUT2D eigenvalue weighted by atomic mass is 10.1. The predicted molar refractivity (Wildman–Crippen MR) is 128 cm³/mol. The number of aromatic hydroxyl groups is 1. The van der Waals surface area contributed by atoms with Crippen molar-refractivity contribution in [3.8, 4) is 23.0 Å². The lowest BCUT2D eigenvalue weighted by Crippen LogP contribution is -2.29. The number of carboxylic acids is 1. The van der Waals surface area contributed by atoms with E-state index in [4.69, 9.17) is 14.6 Å². The van der Waals surface area contributed by atoms with E-state index in [1.54, 1.807) is 0 Å². The summed E-state index contributed by atoms with van der Waals surface area (Å²) in [5, 5.41) is 19.2. The van der Waals surface area contributed by atoms with Gasteiger partial charge in [0, 0.05) is 24.7 Å². The zero-order valence-electron chi connectivity index (χ0n) is 20.2. The standard InChI is InChI=1S/C27H28F3NO5/c1-17(2)31(14-19-7-5-4-6-8-19)15-20-12-21(9-10-24(20)32)36-26-18(3)11-22(35-16-25(33)34)13-23(26)27(28,29)30/h4-13,17,32H,14-16H2,1-3H3,(H,33,34). The molecule has 0 fully saturated rings. The molecule has 0 atom stereocenters. The van der Waals surface area contributed by atoms with Gasteiger partial charge in [0.15, 0.2) is 6.61 Å². The molecule has 0 aromatic heterocycles. The number of ether oxygens (including phenoxy) is 2. The van der Waals surface area contributed by atoms with E-state index >= 15 is 0 Å². The maximum atomic E-state index is 13.8. The van der Waals surface area contributed by atoms with E-state index in [1.165, 1.54) is 31.2 Å². The molecule has 36 heavy (non-hydrogen) atoms. The Bertz CT molecular complexity index is 1200. The third-order valence-corrected chi connectivity index (χ3v) is 5.52. The van der Waals surface area contributed by atoms with Gasteiger partial charge >= 0.3 is 12.1 Å². The molecule has 3 aromatic carbocycles. The molecule has 0 heterocycles. The van der Waals surface area contributed by atoms with Gasteiger partial charge in [-0.3, -0.25) is 4.90 Å². The molecular weight excluding hydrogens is 475 g/mol. The number of aliphatic carboxylic acids is 1. The summed E-state index contributed by atoms with van der Waals surface area (Å²) >= 11 is 0. The lowest BCUT2D eigenvalue weighted by molar-refractivity contribution is -0.139. The van der Waals surface area contributed by atoms with Crippen molar-refractivity contribution >= 4 is 5.97 Å². The van der Waals surface area contributed by atoms with Gasteiger partial charge in [0.2, 0.25) is 0 Å². The van der Waals surface area contributed by atoms with Crippen LogP contribution >= 0.6 is 0 Å². The first-order chi connectivity index (χ1) is 16.9. The normalized spacial score (nSPS) is 11.7. The van der Waals surface area contributed by atoms with E-state index in [1.807, 2.05) is 44.2 Å². The number of hydrogen-bond donors (Lipinski definition) is 2. The Kier molecular flexibility index (Phi) is 8.47. The number of carboxylic acid groups (broad SMARTS) is 1. The van der Waals surface area contributed by atoms with E-state index in [0.29, 0.717) is 24.7 Å². The number of phenols is 1. The molecule has 0 spiro atoms. The highest BCUT2D eigenvalue weighted by atomic mass is 19.4. The van der Waals surface area contributed by atoms with Crippen LogP contribution in [0.25, 0.3) is 0 Å². The number of phenolic OH excluding ortho intramolecular Hbond substituents is 1. The molecule has 3 rings (SSSR count). The van der Waals surface area contributed by atoms with Gasteiger partial charge < -0.3 is 19.7 Å². The first-order valence-electron chi connectivity index (χ1n) is 11.3. The highest BCUT2D eigenvalue weighted by Crippen LogP contribution is 2.43. The lowest BCUT2D eigenvalue weighted by Gasteiger charge is -2.27. The molecule has 9 heteroatoms. The zero-order valence-corrected chi connectivity index (χ0v) is 20.2. The van der Waals surface area contributed by atoms with Gasteiger partial charge in [-0.05, 0) is 62.2 Å². The van der Waals surface area contributed by atoms with E-state index in [2.05, 4.69) is 4.90 Å². The van der Waals surface area contributed by atoms with Crippen LogP contribution in [0.1, 0.15) is 36.1 Å². The van der Waals surface area contributed by atoms with E-state index in [0.717, 1.165) is 5.56 Å². The second-order valence-electron chi connectivity index (χ2n) is 8.67. The van der Waals surface area contributed by atoms with Gasteiger partial charge in [0.05, 0.1) is 0 Å². The van der Waals surface area contributed by atoms with Crippen molar-refractivity contribution in [2.24, 2.45) is 0 Å². The average Bonchev–Trinajstić information content (AvgIpc) is 2.80. The van der Waals surface area contributed by atoms with Gasteiger partial charge in [-0.15, -0.1) is 0 Å². The van der Waals surface area contributed by atoms with Crippen molar-refractivity contribution in [3.63, 3.8) is 0 Å². The van der Waals surface area contributed by atoms with Gasteiger partial charge in [-0.25, -0.2) is 4.79 Å². The van der Waals surface area contributed by atoms with Crippen molar-refractivity contribution in [1.29, 1.82) is 0 Å². The SMILES string of the molecule is Cc1cc(OCC(=O)O)cc(C(F)(F)F)c1Oc1ccc(O)c(CN(Cc2ccccc2)C(C)C)c1. The number of carbonyl (C=O) groups is 1. The van der Waals surface area contributed by atoms with Crippen LogP contribution < -0.4 is 9.47 Å². The highest BCUT2D eigenvalue weighted by Gasteiger charge is 2.36. The summed E-state index contributed by atoms with van der Waals surface area (Å²) in [6.45, 7) is 5.66. The highest BCUT2D eigenvalue weighted by molar-refractivity contribution is 5.68. The van der Waals surface area contributed by atoms with Crippen LogP contribution in [0, 0.1) is 6.92 Å². The van der Waals surface area contributed by atoms with Gasteiger partial charge in [-0.2, -0.15) is 13.2 Å². The predicted octanol–water partition coefficient (Wildman–Crippen LogP) is 6.39. The number of nitrogens with zero attached hydrogens (tertiary/aromatic N) is 1. The van der Waals surface area contributed by atoms with Crippen LogP contribution in [-0.4, -0.2) is 33.7 Å². The summed E-state index contributed by atoms with van der Waals surface area (Å²) in [5.41, 5.74) is 0.622. The summed E-state index contributed by atoms with van der Waals surface area (Å²) in [6, 6.07) is 16.2. The number of halogens is 3. The van der Waals surface area contributed by atoms with Crippen LogP contribution in [-0.2, 0) is 24.1 Å². The van der Waals surface area contributed by atoms with Crippen molar-refractivity contribution < 1.29 is 37.7 Å². The summed E-state index contributed by atoms with van der Waals surface area (Å²) in [6.07, 6.45) is -4.77. The van der Waals surface area contributed by atoms with Crippen molar-refractivity contribution in [1.82, 2.24) is 4.90 Å². The van der Waals surface area contributed by atoms with Crippen LogP contribution in [0.2, 0.25) is 0 Å². The number of hydrogen-bond acceptors (Lipinski definition) is 5. The summed E-state index contributed by atoms with van der Waals surface area (Å²) in [4.78, 5) is 12.9. The van der Waals surface area contributed by atoms with Crippen LogP contribution in [0.5, 0.6) is 23.0 Å². The van der Waals surface area contributed by atoms with E-state index in [-0.39, 0.29) is 28.9 Å². The van der Waals surface area contributed by atoms with Crippen LogP contribution in [0.15, 0.2) is 60.7 Å². The molecule has 0 aliphatic heterocycles. The maximum absolute atomic E-state index is 13.8. The minimum Gasteiger partial charge on any atom is -0.508 e. The third-order valence-electron chi connectivity index (χ3n) is 5.52. The molecule has 0 saturated carbocycles. The number of aryl methyl sites for hydroxylation is 1. The molecule has 192 valence electrons. The fourth-order valence-electron chi connectivity index (χ4n) is 3.64. The topological polar surface area (TPSA) is 79.2 Å². The largest absolute Gasteiger partial charge is 0.508 e. The minimum atomic E-state index is -4.77. The Labute approximate surface area is 207 Å². The smallest absolute Gasteiger partial charge is 0.420 e. The van der Waals surface area contributed by atoms with Crippen molar-refractivity contribution in [3.05, 3.63) is 82.9 Å². The van der Waals surface area contributed by atoms with E-state index < -0.39 is 30.1 Å². The quantitative estimate of drug-likeness (QED) is 0.334. The van der Waals surface area contributed by atoms with Crippen molar-refractivity contribution in [2.75, 3.05) is 6.61 Å². The van der Waals surface area contributed by atoms with Crippen LogP contribution in [0.3, 0.4) is 0 Å². The molecule has 6 nitrogen and oxygen atoms in total. The molecule has 0 saturated heterocycles. The second-order valence-corrected chi connectivity index (χ2v) is 8.67. The molecule has 2 N–H and O–H groups in total. The second kappa shape index (κ2) is 11.3. The fourth-order valence-corrected chi connectivity index (χ4v) is 3.64. The first kappa shape index (κ1) is 26.9. The summed E-state index contributed by atoms with van der Waals surface area (Å²) < 4.78 is 52.1. The summed E-state index contributed by atoms with van der Waals surface area (Å²) in [5.74, 6) is -1.83. The van der Waals surface area contributed by atoms with Gasteiger partial charge in [0.1, 0.15) is 28.6 Å². The minimum absolute atomic E-state index is 0.00578. The Morgan fingerprint density at radius 2 is 1.69 bits per heavy atom. The Hall–Kier alpha value is -3.72. The molecule has 0 radical (unpaired) electrons. The Morgan fingerprint density at radius 1 is 1.00 bits per heavy atom. The molecule has 0 aliphatic carbocycles. The first-order valence-corrected chi connectivity index (χ1v) is 11.3.